The van der Waals surface area contributed by atoms with Gasteiger partial charge in [-0.1, -0.05) is 17.7 Å². The van der Waals surface area contributed by atoms with Crippen molar-refractivity contribution in [1.29, 1.82) is 0 Å². The summed E-state index contributed by atoms with van der Waals surface area (Å²) in [7, 11) is -3.39. The van der Waals surface area contributed by atoms with E-state index in [-0.39, 0.29) is 0 Å². The molecule has 1 N–H and O–H groups in total. The maximum absolute atomic E-state index is 12.1. The van der Waals surface area contributed by atoms with Gasteiger partial charge in [-0.15, -0.1) is 0 Å². The first kappa shape index (κ1) is 10.9. The zero-order chi connectivity index (χ0) is 11.6. The molecule has 0 unspecified atom stereocenters. The zero-order valence-electron chi connectivity index (χ0n) is 8.84. The van der Waals surface area contributed by atoms with Crippen molar-refractivity contribution in [2.45, 2.75) is 11.8 Å². The highest BCUT2D eigenvalue weighted by atomic mass is 32.2. The fourth-order valence-corrected chi connectivity index (χ4v) is 2.67. The molecule has 0 saturated heterocycles. The van der Waals surface area contributed by atoms with Crippen LogP contribution in [0.4, 0.5) is 0 Å². The summed E-state index contributed by atoms with van der Waals surface area (Å²) in [4.78, 5) is 4.39. The van der Waals surface area contributed by atoms with Crippen LogP contribution < -0.4 is 5.32 Å². The molecule has 1 aromatic rings. The molecule has 84 valence electrons. The molecular weight excluding hydrogens is 224 g/mol. The number of hydrogen-bond acceptors (Lipinski definition) is 4. The lowest BCUT2D eigenvalue weighted by molar-refractivity contribution is 0.600. The highest BCUT2D eigenvalue weighted by Gasteiger charge is 2.20. The molecule has 5 heteroatoms. The van der Waals surface area contributed by atoms with Gasteiger partial charge in [-0.2, -0.15) is 0 Å². The van der Waals surface area contributed by atoms with E-state index in [0.29, 0.717) is 16.3 Å². The molecule has 0 amide bonds. The summed E-state index contributed by atoms with van der Waals surface area (Å²) in [6.45, 7) is 2.21. The Balaban J connectivity index is 2.42. The molecule has 1 aliphatic heterocycles. The molecule has 0 aromatic heterocycles. The maximum atomic E-state index is 12.1. The Kier molecular flexibility index (Phi) is 2.78. The fourth-order valence-electron chi connectivity index (χ4n) is 1.40. The molecule has 1 aliphatic rings. The third-order valence-electron chi connectivity index (χ3n) is 2.34. The predicted molar refractivity (Wildman–Crippen MR) is 62.9 cm³/mol. The lowest BCUT2D eigenvalue weighted by atomic mass is 10.2. The summed E-state index contributed by atoms with van der Waals surface area (Å²) in [5, 5.41) is 2.78. The zero-order valence-corrected chi connectivity index (χ0v) is 9.66. The molecule has 0 saturated carbocycles. The Bertz CT molecular complexity index is 542. The smallest absolute Gasteiger partial charge is 0.206 e. The van der Waals surface area contributed by atoms with E-state index >= 15 is 0 Å². The molecule has 16 heavy (non-hydrogen) atoms. The molecule has 0 atom stereocenters. The number of sulfone groups is 1. The van der Waals surface area contributed by atoms with Gasteiger partial charge in [0.05, 0.1) is 22.7 Å². The van der Waals surface area contributed by atoms with Crippen molar-refractivity contribution in [3.8, 4) is 0 Å². The number of aryl methyl sites for hydroxylation is 1. The van der Waals surface area contributed by atoms with Crippen LogP contribution in [0.2, 0.25) is 0 Å². The van der Waals surface area contributed by atoms with E-state index in [0.717, 1.165) is 5.56 Å². The molecule has 0 aliphatic carbocycles. The van der Waals surface area contributed by atoms with Crippen molar-refractivity contribution in [2.24, 2.45) is 4.99 Å². The van der Waals surface area contributed by atoms with E-state index < -0.39 is 9.84 Å². The van der Waals surface area contributed by atoms with Gasteiger partial charge in [-0.05, 0) is 19.1 Å². The minimum atomic E-state index is -3.39. The topological polar surface area (TPSA) is 58.5 Å². The van der Waals surface area contributed by atoms with Gasteiger partial charge < -0.3 is 5.32 Å². The standard InChI is InChI=1S/C11H12N2O2S/c1-9-2-4-10(5-3-9)16(14,15)11-6-12-8-13-7-11/h2-6,8H,7H2,1H3,(H,12,13). The molecule has 4 nitrogen and oxygen atoms in total. The number of rotatable bonds is 2. The van der Waals surface area contributed by atoms with Crippen molar-refractivity contribution < 1.29 is 8.42 Å². The van der Waals surface area contributed by atoms with Crippen molar-refractivity contribution in [3.63, 3.8) is 0 Å². The minimum Gasteiger partial charge on any atom is -0.371 e. The lowest BCUT2D eigenvalue weighted by Crippen LogP contribution is -2.22. The Morgan fingerprint density at radius 3 is 2.50 bits per heavy atom. The second-order valence-electron chi connectivity index (χ2n) is 3.57. The molecule has 0 radical (unpaired) electrons. The number of aliphatic imine (C=N–C) groups is 1. The van der Waals surface area contributed by atoms with Gasteiger partial charge in [-0.3, -0.25) is 0 Å². The largest absolute Gasteiger partial charge is 0.371 e. The average molecular weight is 236 g/mol. The van der Waals surface area contributed by atoms with Crippen LogP contribution in [0.25, 0.3) is 0 Å². The van der Waals surface area contributed by atoms with E-state index in [2.05, 4.69) is 10.3 Å². The van der Waals surface area contributed by atoms with Crippen LogP contribution in [0, 0.1) is 6.92 Å². The average Bonchev–Trinajstić information content (AvgIpc) is 2.31. The number of nitrogens with one attached hydrogen (secondary N) is 1. The van der Waals surface area contributed by atoms with Crippen LogP contribution in [0.15, 0.2) is 45.3 Å². The maximum Gasteiger partial charge on any atom is 0.206 e. The molecule has 1 aromatic carbocycles. The van der Waals surface area contributed by atoms with Crippen LogP contribution in [0.1, 0.15) is 5.56 Å². The van der Waals surface area contributed by atoms with Crippen molar-refractivity contribution >= 4 is 16.2 Å². The van der Waals surface area contributed by atoms with Gasteiger partial charge in [0.25, 0.3) is 0 Å². The molecular formula is C11H12N2O2S. The van der Waals surface area contributed by atoms with Crippen LogP contribution in [0.5, 0.6) is 0 Å². The molecule has 2 rings (SSSR count). The summed E-state index contributed by atoms with van der Waals surface area (Å²) in [6.07, 6.45) is 2.86. The van der Waals surface area contributed by atoms with E-state index in [1.165, 1.54) is 12.5 Å². The summed E-state index contributed by atoms with van der Waals surface area (Å²) in [5.41, 5.74) is 1.03. The van der Waals surface area contributed by atoms with Gasteiger partial charge in [0.15, 0.2) is 0 Å². The normalized spacial score (nSPS) is 15.4. The first-order valence-electron chi connectivity index (χ1n) is 4.86. The van der Waals surface area contributed by atoms with Crippen molar-refractivity contribution in [1.82, 2.24) is 5.32 Å². The van der Waals surface area contributed by atoms with Crippen LogP contribution in [0.3, 0.4) is 0 Å². The van der Waals surface area contributed by atoms with Crippen molar-refractivity contribution in [3.05, 3.63) is 40.9 Å². The van der Waals surface area contributed by atoms with Gasteiger partial charge in [0.2, 0.25) is 9.84 Å². The second kappa shape index (κ2) is 4.09. The second-order valence-corrected chi connectivity index (χ2v) is 5.57. The highest BCUT2D eigenvalue weighted by molar-refractivity contribution is 7.95. The third kappa shape index (κ3) is 1.99. The molecule has 0 spiro atoms. The molecule has 0 fully saturated rings. The number of benzene rings is 1. The molecule has 1 heterocycles. The monoisotopic (exact) mass is 236 g/mol. The molecule has 0 bridgehead atoms. The Morgan fingerprint density at radius 1 is 1.25 bits per heavy atom. The summed E-state index contributed by atoms with van der Waals surface area (Å²) in [5.74, 6) is 0. The van der Waals surface area contributed by atoms with E-state index in [9.17, 15) is 8.42 Å². The number of hydrogen-bond donors (Lipinski definition) is 1. The Hall–Kier alpha value is -1.62. The third-order valence-corrected chi connectivity index (χ3v) is 4.17. The van der Waals surface area contributed by atoms with Crippen LogP contribution in [-0.4, -0.2) is 21.3 Å². The quantitative estimate of drug-likeness (QED) is 0.840. The fraction of sp³-hybridized carbons (Fsp3) is 0.182. The van der Waals surface area contributed by atoms with Gasteiger partial charge in [0, 0.05) is 6.20 Å². The van der Waals surface area contributed by atoms with Gasteiger partial charge in [-0.25, -0.2) is 13.4 Å². The highest BCUT2D eigenvalue weighted by Crippen LogP contribution is 2.19. The summed E-state index contributed by atoms with van der Waals surface area (Å²) in [6, 6.07) is 6.80. The van der Waals surface area contributed by atoms with Gasteiger partial charge >= 0.3 is 0 Å². The van der Waals surface area contributed by atoms with Crippen molar-refractivity contribution in [2.75, 3.05) is 6.54 Å². The van der Waals surface area contributed by atoms with Crippen LogP contribution >= 0.6 is 0 Å². The first-order valence-corrected chi connectivity index (χ1v) is 6.35. The van der Waals surface area contributed by atoms with E-state index in [4.69, 9.17) is 0 Å². The predicted octanol–water partition coefficient (Wildman–Crippen LogP) is 1.24. The van der Waals surface area contributed by atoms with E-state index in [1.807, 2.05) is 6.92 Å². The van der Waals surface area contributed by atoms with Gasteiger partial charge in [0.1, 0.15) is 0 Å². The number of nitrogens with zero attached hydrogens (tertiary/aromatic N) is 1. The first-order chi connectivity index (χ1) is 7.60. The Labute approximate surface area is 94.6 Å². The van der Waals surface area contributed by atoms with E-state index in [1.54, 1.807) is 24.3 Å². The lowest BCUT2D eigenvalue weighted by Gasteiger charge is -2.11. The SMILES string of the molecule is Cc1ccc(S(=O)(=O)C2=CN=CNC2)cc1. The summed E-state index contributed by atoms with van der Waals surface area (Å²) >= 11 is 0. The Morgan fingerprint density at radius 2 is 1.94 bits per heavy atom. The van der Waals surface area contributed by atoms with Crippen LogP contribution in [-0.2, 0) is 9.84 Å². The minimum absolute atomic E-state index is 0.291. The summed E-state index contributed by atoms with van der Waals surface area (Å²) < 4.78 is 24.2.